The highest BCUT2D eigenvalue weighted by Crippen LogP contribution is 2.25. The molecule has 2 N–H and O–H groups in total. The summed E-state index contributed by atoms with van der Waals surface area (Å²) in [6.45, 7) is 4.04. The maximum absolute atomic E-state index is 12.4. The van der Waals surface area contributed by atoms with Crippen LogP contribution in [0, 0.1) is 5.41 Å². The standard InChI is InChI=1S/C14H16N2O/c1-14(2,9-15)13(17)12-8-16-7-10-5-3-4-6-11(10)12/h3-8H,9,15H2,1-2H3. The van der Waals surface area contributed by atoms with Gasteiger partial charge in [0.15, 0.2) is 5.78 Å². The highest BCUT2D eigenvalue weighted by Gasteiger charge is 2.28. The van der Waals surface area contributed by atoms with Crippen LogP contribution in [0.2, 0.25) is 0 Å². The van der Waals surface area contributed by atoms with Crippen LogP contribution < -0.4 is 5.73 Å². The fourth-order valence-electron chi connectivity index (χ4n) is 1.75. The van der Waals surface area contributed by atoms with Crippen LogP contribution in [0.25, 0.3) is 10.8 Å². The average molecular weight is 228 g/mol. The topological polar surface area (TPSA) is 56.0 Å². The van der Waals surface area contributed by atoms with Crippen LogP contribution in [-0.4, -0.2) is 17.3 Å². The van der Waals surface area contributed by atoms with Gasteiger partial charge in [-0.2, -0.15) is 0 Å². The number of fused-ring (bicyclic) bond motifs is 1. The molecule has 0 spiro atoms. The van der Waals surface area contributed by atoms with Gasteiger partial charge in [0.2, 0.25) is 0 Å². The zero-order valence-corrected chi connectivity index (χ0v) is 10.1. The van der Waals surface area contributed by atoms with Gasteiger partial charge in [-0.1, -0.05) is 38.1 Å². The first-order chi connectivity index (χ1) is 8.06. The van der Waals surface area contributed by atoms with Crippen LogP contribution in [0.1, 0.15) is 24.2 Å². The molecule has 1 aromatic heterocycles. The van der Waals surface area contributed by atoms with Crippen LogP contribution in [0.5, 0.6) is 0 Å². The van der Waals surface area contributed by atoms with Gasteiger partial charge in [-0.25, -0.2) is 0 Å². The van der Waals surface area contributed by atoms with E-state index in [2.05, 4.69) is 4.98 Å². The van der Waals surface area contributed by atoms with Crippen molar-refractivity contribution in [2.24, 2.45) is 11.1 Å². The van der Waals surface area contributed by atoms with Gasteiger partial charge in [0.05, 0.1) is 0 Å². The van der Waals surface area contributed by atoms with E-state index in [4.69, 9.17) is 5.73 Å². The first kappa shape index (κ1) is 11.7. The second-order valence-electron chi connectivity index (χ2n) is 4.83. The minimum Gasteiger partial charge on any atom is -0.329 e. The normalized spacial score (nSPS) is 11.7. The maximum atomic E-state index is 12.4. The molecule has 0 saturated heterocycles. The van der Waals surface area contributed by atoms with Gasteiger partial charge in [0.1, 0.15) is 0 Å². The second kappa shape index (κ2) is 4.26. The lowest BCUT2D eigenvalue weighted by Crippen LogP contribution is -2.32. The predicted octanol–water partition coefficient (Wildman–Crippen LogP) is 2.40. The van der Waals surface area contributed by atoms with E-state index < -0.39 is 5.41 Å². The summed E-state index contributed by atoms with van der Waals surface area (Å²) in [5.74, 6) is 0.0456. The van der Waals surface area contributed by atoms with Crippen molar-refractivity contribution in [2.75, 3.05) is 6.54 Å². The first-order valence-corrected chi connectivity index (χ1v) is 5.64. The number of aromatic nitrogens is 1. The highest BCUT2D eigenvalue weighted by atomic mass is 16.1. The maximum Gasteiger partial charge on any atom is 0.171 e. The molecule has 3 heteroatoms. The van der Waals surface area contributed by atoms with E-state index in [0.717, 1.165) is 10.8 Å². The number of nitrogens with two attached hydrogens (primary N) is 1. The largest absolute Gasteiger partial charge is 0.329 e. The number of nitrogens with zero attached hydrogens (tertiary/aromatic N) is 1. The number of carbonyl (C=O) groups excluding carboxylic acids is 1. The fraction of sp³-hybridized carbons (Fsp3) is 0.286. The monoisotopic (exact) mass is 228 g/mol. The van der Waals surface area contributed by atoms with E-state index >= 15 is 0 Å². The summed E-state index contributed by atoms with van der Waals surface area (Å²) in [5, 5.41) is 1.92. The molecule has 0 bridgehead atoms. The Labute approximate surface area is 101 Å². The van der Waals surface area contributed by atoms with E-state index in [9.17, 15) is 4.79 Å². The summed E-state index contributed by atoms with van der Waals surface area (Å²) in [7, 11) is 0. The number of rotatable bonds is 3. The van der Waals surface area contributed by atoms with Crippen molar-refractivity contribution < 1.29 is 4.79 Å². The fourth-order valence-corrected chi connectivity index (χ4v) is 1.75. The van der Waals surface area contributed by atoms with E-state index in [-0.39, 0.29) is 5.78 Å². The molecule has 88 valence electrons. The Morgan fingerprint density at radius 1 is 1.29 bits per heavy atom. The molecule has 0 atom stereocenters. The number of ketones is 1. The third-order valence-corrected chi connectivity index (χ3v) is 3.04. The minimum absolute atomic E-state index is 0.0456. The van der Waals surface area contributed by atoms with Gasteiger partial charge in [-0.05, 0) is 5.39 Å². The van der Waals surface area contributed by atoms with Crippen molar-refractivity contribution in [2.45, 2.75) is 13.8 Å². The Bertz CT molecular complexity index is 556. The summed E-state index contributed by atoms with van der Waals surface area (Å²) in [6, 6.07) is 7.76. The zero-order chi connectivity index (χ0) is 12.5. The molecular weight excluding hydrogens is 212 g/mol. The Morgan fingerprint density at radius 3 is 2.71 bits per heavy atom. The summed E-state index contributed by atoms with van der Waals surface area (Å²) >= 11 is 0. The lowest BCUT2D eigenvalue weighted by Gasteiger charge is -2.21. The Hall–Kier alpha value is -1.74. The van der Waals surface area contributed by atoms with E-state index in [1.54, 1.807) is 12.4 Å². The Morgan fingerprint density at radius 2 is 2.00 bits per heavy atom. The first-order valence-electron chi connectivity index (χ1n) is 5.64. The number of hydrogen-bond acceptors (Lipinski definition) is 3. The molecular formula is C14H16N2O. The molecule has 1 heterocycles. The van der Waals surface area contributed by atoms with Gasteiger partial charge in [-0.15, -0.1) is 0 Å². The van der Waals surface area contributed by atoms with Crippen molar-refractivity contribution in [3.05, 3.63) is 42.2 Å². The Balaban J connectivity index is 2.60. The molecule has 0 aliphatic heterocycles. The van der Waals surface area contributed by atoms with Gasteiger partial charge < -0.3 is 5.73 Å². The van der Waals surface area contributed by atoms with E-state index in [1.807, 2.05) is 38.1 Å². The quantitative estimate of drug-likeness (QED) is 0.821. The molecule has 17 heavy (non-hydrogen) atoms. The van der Waals surface area contributed by atoms with Crippen LogP contribution in [-0.2, 0) is 0 Å². The second-order valence-corrected chi connectivity index (χ2v) is 4.83. The number of pyridine rings is 1. The Kier molecular flexibility index (Phi) is 2.94. The van der Waals surface area contributed by atoms with Crippen LogP contribution in [0.3, 0.4) is 0 Å². The van der Waals surface area contributed by atoms with Gasteiger partial charge in [-0.3, -0.25) is 9.78 Å². The zero-order valence-electron chi connectivity index (χ0n) is 10.1. The highest BCUT2D eigenvalue weighted by molar-refractivity contribution is 6.10. The van der Waals surface area contributed by atoms with Crippen molar-refractivity contribution in [1.82, 2.24) is 4.98 Å². The SMILES string of the molecule is CC(C)(CN)C(=O)c1cncc2ccccc12. The van der Waals surface area contributed by atoms with Crippen molar-refractivity contribution in [3.8, 4) is 0 Å². The number of carbonyl (C=O) groups is 1. The lowest BCUT2D eigenvalue weighted by molar-refractivity contribution is 0.0849. The summed E-state index contributed by atoms with van der Waals surface area (Å²) in [4.78, 5) is 16.5. The third kappa shape index (κ3) is 2.06. The molecule has 3 nitrogen and oxygen atoms in total. The minimum atomic E-state index is -0.550. The summed E-state index contributed by atoms with van der Waals surface area (Å²) in [6.07, 6.45) is 3.39. The summed E-state index contributed by atoms with van der Waals surface area (Å²) < 4.78 is 0. The summed E-state index contributed by atoms with van der Waals surface area (Å²) in [5.41, 5.74) is 5.75. The lowest BCUT2D eigenvalue weighted by atomic mass is 9.83. The number of benzene rings is 1. The van der Waals surface area contributed by atoms with Crippen LogP contribution >= 0.6 is 0 Å². The molecule has 1 aromatic carbocycles. The number of hydrogen-bond donors (Lipinski definition) is 1. The smallest absolute Gasteiger partial charge is 0.171 e. The number of Topliss-reactive ketones (excluding diaryl/α,β-unsaturated/α-hetero) is 1. The average Bonchev–Trinajstić information content (AvgIpc) is 2.37. The predicted molar refractivity (Wildman–Crippen MR) is 68.9 cm³/mol. The van der Waals surface area contributed by atoms with Crippen molar-refractivity contribution in [3.63, 3.8) is 0 Å². The third-order valence-electron chi connectivity index (χ3n) is 3.04. The van der Waals surface area contributed by atoms with Gasteiger partial charge in [0, 0.05) is 35.3 Å². The molecule has 0 amide bonds. The van der Waals surface area contributed by atoms with Crippen molar-refractivity contribution >= 4 is 16.6 Å². The molecule has 0 aliphatic carbocycles. The molecule has 0 fully saturated rings. The van der Waals surface area contributed by atoms with Gasteiger partial charge in [0.25, 0.3) is 0 Å². The molecule has 0 unspecified atom stereocenters. The van der Waals surface area contributed by atoms with Crippen LogP contribution in [0.15, 0.2) is 36.7 Å². The molecule has 0 saturated carbocycles. The van der Waals surface area contributed by atoms with Crippen LogP contribution in [0.4, 0.5) is 0 Å². The molecule has 2 aromatic rings. The molecule has 2 rings (SSSR count). The van der Waals surface area contributed by atoms with E-state index in [1.165, 1.54) is 0 Å². The molecule has 0 aliphatic rings. The molecule has 0 radical (unpaired) electrons. The van der Waals surface area contributed by atoms with Gasteiger partial charge >= 0.3 is 0 Å². The van der Waals surface area contributed by atoms with E-state index in [0.29, 0.717) is 12.1 Å². The van der Waals surface area contributed by atoms with Crippen molar-refractivity contribution in [1.29, 1.82) is 0 Å².